The fraction of sp³-hybridized carbons (Fsp3) is 0.619. The van der Waals surface area contributed by atoms with Crippen molar-refractivity contribution in [2.24, 2.45) is 0 Å². The first kappa shape index (κ1) is 42.9. The van der Waals surface area contributed by atoms with Gasteiger partial charge in [0.15, 0.2) is 0 Å². The summed E-state index contributed by atoms with van der Waals surface area (Å²) in [4.78, 5) is 0. The van der Waals surface area contributed by atoms with Gasteiger partial charge in [0.1, 0.15) is 0 Å². The molecule has 0 aliphatic rings. The maximum Gasteiger partial charge on any atom is -0.0184 e. The van der Waals surface area contributed by atoms with Gasteiger partial charge in [0.2, 0.25) is 0 Å². The van der Waals surface area contributed by atoms with Crippen LogP contribution in [0.15, 0.2) is 86.0 Å². The molecule has 0 bridgehead atoms. The van der Waals surface area contributed by atoms with Gasteiger partial charge in [-0.3, -0.25) is 0 Å². The first-order chi connectivity index (χ1) is 21.2. The van der Waals surface area contributed by atoms with Gasteiger partial charge in [-0.25, -0.2) is 0 Å². The van der Waals surface area contributed by atoms with Crippen molar-refractivity contribution < 1.29 is 4.74 Å². The van der Waals surface area contributed by atoms with Gasteiger partial charge in [0.25, 0.3) is 0 Å². The monoisotopic (exact) mass is 613 g/mol. The molecule has 2 atom stereocenters. The van der Waals surface area contributed by atoms with Crippen LogP contribution in [0.3, 0.4) is 0 Å². The molecule has 244 valence electrons. The second-order valence-corrected chi connectivity index (χ2v) is 12.4. The first-order valence-corrected chi connectivity index (χ1v) is 18.3. The van der Waals surface area contributed by atoms with Gasteiger partial charge in [-0.2, -0.15) is 0 Å². The molecule has 0 fully saturated rings. The smallest absolute Gasteiger partial charge is 0.0184 e. The van der Waals surface area contributed by atoms with Gasteiger partial charge < -0.3 is 4.74 Å². The van der Waals surface area contributed by atoms with Crippen molar-refractivity contribution in [1.82, 2.24) is 0 Å². The summed E-state index contributed by atoms with van der Waals surface area (Å²) >= 11 is 0. The van der Waals surface area contributed by atoms with Crippen LogP contribution in [0.5, 0.6) is 0 Å². The van der Waals surface area contributed by atoms with E-state index >= 15 is 0 Å². The molecule has 2 aromatic carbocycles. The number of benzene rings is 2. The Balaban J connectivity index is 0.00000117. The summed E-state index contributed by atoms with van der Waals surface area (Å²) in [5, 5.41) is 0. The molecule has 2 unspecified atom stereocenters. The van der Waals surface area contributed by atoms with Crippen molar-refractivity contribution in [1.29, 1.82) is 0 Å². The van der Waals surface area contributed by atoms with E-state index in [-0.39, 0.29) is 41.8 Å². The van der Waals surface area contributed by atoms with Crippen LogP contribution in [0, 0.1) is 0 Å². The molecular formula is C42H69NaO. The van der Waals surface area contributed by atoms with Crippen LogP contribution in [0.4, 0.5) is 0 Å². The van der Waals surface area contributed by atoms with Crippen LogP contribution in [-0.4, -0.2) is 41.8 Å². The van der Waals surface area contributed by atoms with Crippen LogP contribution in [-0.2, 0) is 4.74 Å². The van der Waals surface area contributed by atoms with Crippen LogP contribution < -0.4 is 0 Å². The average molecular weight is 613 g/mol. The molecule has 0 aliphatic carbocycles. The molecule has 0 spiro atoms. The van der Waals surface area contributed by atoms with E-state index in [9.17, 15) is 0 Å². The molecule has 1 nitrogen and oxygen atoms in total. The number of unbranched alkanes of at least 4 members (excludes halogenated alkanes) is 18. The van der Waals surface area contributed by atoms with Crippen LogP contribution >= 0.6 is 0 Å². The molecule has 0 N–H and O–H groups in total. The fourth-order valence-corrected chi connectivity index (χ4v) is 5.63. The topological polar surface area (TPSA) is 9.23 Å². The molecule has 44 heavy (non-hydrogen) atoms. The Morgan fingerprint density at radius 1 is 0.455 bits per heavy atom. The molecule has 0 radical (unpaired) electrons. The molecule has 0 saturated heterocycles. The first-order valence-electron chi connectivity index (χ1n) is 18.3. The van der Waals surface area contributed by atoms with Crippen molar-refractivity contribution in [3.05, 3.63) is 86.0 Å². The third-order valence-electron chi connectivity index (χ3n) is 8.44. The zero-order valence-electron chi connectivity index (χ0n) is 28.5. The zero-order valence-corrected chi connectivity index (χ0v) is 28.5. The molecule has 0 amide bonds. The molecule has 2 rings (SSSR count). The standard InChI is InChI=1S/C30H58O.C12H10.Na.H/c1-5-9-11-13-15-17-19-21-23-25-27-29(7-3)31-30(8-4)28-26-24-22-20-18-16-14-12-10-6-2;1-3-7-11(8-4-1)12-9-5-2-6-10-12;;/h7-8,29-30H,3-6,9-28H2,1-2H3;1-10H;;. The number of hydrogen-bond donors (Lipinski definition) is 0. The van der Waals surface area contributed by atoms with Gasteiger partial charge in [0, 0.05) is 0 Å². The molecule has 0 saturated carbocycles. The van der Waals surface area contributed by atoms with Gasteiger partial charge in [-0.15, -0.1) is 13.2 Å². The summed E-state index contributed by atoms with van der Waals surface area (Å²) in [6.07, 6.45) is 34.3. The number of hydrogen-bond acceptors (Lipinski definition) is 1. The quantitative estimate of drug-likeness (QED) is 0.0554. The molecule has 2 heteroatoms. The second-order valence-electron chi connectivity index (χ2n) is 12.4. The average Bonchev–Trinajstić information content (AvgIpc) is 3.06. The van der Waals surface area contributed by atoms with Crippen LogP contribution in [0.25, 0.3) is 11.1 Å². The van der Waals surface area contributed by atoms with Crippen molar-refractivity contribution in [3.8, 4) is 11.1 Å². The van der Waals surface area contributed by atoms with E-state index in [1.807, 2.05) is 24.3 Å². The van der Waals surface area contributed by atoms with Gasteiger partial charge in [-0.1, -0.05) is 215 Å². The summed E-state index contributed by atoms with van der Waals surface area (Å²) in [6.45, 7) is 12.6. The van der Waals surface area contributed by atoms with E-state index in [2.05, 4.69) is 75.5 Å². The van der Waals surface area contributed by atoms with Gasteiger partial charge >= 0.3 is 29.6 Å². The fourth-order valence-electron chi connectivity index (χ4n) is 5.63. The molecule has 0 aliphatic heterocycles. The van der Waals surface area contributed by atoms with Gasteiger partial charge in [-0.05, 0) is 24.0 Å². The van der Waals surface area contributed by atoms with Crippen LogP contribution in [0.1, 0.15) is 155 Å². The maximum absolute atomic E-state index is 6.28. The normalized spacial score (nSPS) is 12.0. The van der Waals surface area contributed by atoms with Crippen molar-refractivity contribution in [2.45, 2.75) is 167 Å². The SMILES string of the molecule is C=CC(CCCCCCCCCCCC)OC(C=C)CCCCCCCCCCCC.[NaH].c1ccc(-c2ccccc2)cc1. The summed E-state index contributed by atoms with van der Waals surface area (Å²) in [5.74, 6) is 0. The minimum absolute atomic E-state index is 0. The number of ether oxygens (including phenoxy) is 1. The Bertz CT molecular complexity index is 777. The minimum atomic E-state index is 0. The third kappa shape index (κ3) is 25.1. The van der Waals surface area contributed by atoms with Gasteiger partial charge in [0.05, 0.1) is 12.2 Å². The molecule has 0 aromatic heterocycles. The summed E-state index contributed by atoms with van der Waals surface area (Å²) in [6, 6.07) is 20.8. The van der Waals surface area contributed by atoms with Crippen molar-refractivity contribution >= 4 is 29.6 Å². The molecule has 2 aromatic rings. The summed E-state index contributed by atoms with van der Waals surface area (Å²) in [5.41, 5.74) is 2.55. The molecule has 0 heterocycles. The summed E-state index contributed by atoms with van der Waals surface area (Å²) < 4.78 is 6.28. The summed E-state index contributed by atoms with van der Waals surface area (Å²) in [7, 11) is 0. The Hall–Kier alpha value is -1.12. The zero-order chi connectivity index (χ0) is 31.1. The Morgan fingerprint density at radius 3 is 1.00 bits per heavy atom. The predicted octanol–water partition coefficient (Wildman–Crippen LogP) is 13.4. The van der Waals surface area contributed by atoms with Crippen molar-refractivity contribution in [3.63, 3.8) is 0 Å². The Labute approximate surface area is 297 Å². The van der Waals surface area contributed by atoms with E-state index < -0.39 is 0 Å². The van der Waals surface area contributed by atoms with Crippen LogP contribution in [0.2, 0.25) is 0 Å². The Kier molecular flexibility index (Phi) is 32.4. The van der Waals surface area contributed by atoms with E-state index in [4.69, 9.17) is 4.74 Å². The minimum Gasteiger partial charge on any atom is -0.0622 e. The number of rotatable bonds is 27. The molecular weight excluding hydrogens is 543 g/mol. The van der Waals surface area contributed by atoms with E-state index in [1.165, 1.54) is 140 Å². The van der Waals surface area contributed by atoms with E-state index in [0.29, 0.717) is 0 Å². The maximum atomic E-state index is 6.28. The second kappa shape index (κ2) is 33.2. The Morgan fingerprint density at radius 2 is 0.727 bits per heavy atom. The van der Waals surface area contributed by atoms with E-state index in [0.717, 1.165) is 12.8 Å². The third-order valence-corrected chi connectivity index (χ3v) is 8.44. The predicted molar refractivity (Wildman–Crippen MR) is 201 cm³/mol. The largest absolute Gasteiger partial charge is 0.0622 e. The van der Waals surface area contributed by atoms with E-state index in [1.54, 1.807) is 0 Å². The van der Waals surface area contributed by atoms with Crippen molar-refractivity contribution in [2.75, 3.05) is 0 Å².